The van der Waals surface area contributed by atoms with Crippen molar-refractivity contribution in [2.24, 2.45) is 0 Å². The minimum Gasteiger partial charge on any atom is -0.340 e. The molecule has 0 spiro atoms. The third-order valence-corrected chi connectivity index (χ3v) is 3.97. The van der Waals surface area contributed by atoms with Crippen LogP contribution in [0.5, 0.6) is 0 Å². The SMILES string of the molecule is N#Cc1cc(Br)ccc1N1CCCc2ccccc21. The van der Waals surface area contributed by atoms with Gasteiger partial charge in [-0.15, -0.1) is 0 Å². The van der Waals surface area contributed by atoms with Crippen molar-refractivity contribution in [3.05, 3.63) is 58.1 Å². The molecule has 0 aliphatic carbocycles. The first-order valence-corrected chi connectivity index (χ1v) is 7.14. The molecular weight excluding hydrogens is 300 g/mol. The van der Waals surface area contributed by atoms with Crippen LogP contribution in [0.25, 0.3) is 0 Å². The van der Waals surface area contributed by atoms with E-state index in [0.29, 0.717) is 5.56 Å². The lowest BCUT2D eigenvalue weighted by Crippen LogP contribution is -2.25. The highest BCUT2D eigenvalue weighted by Crippen LogP contribution is 2.35. The number of hydrogen-bond donors (Lipinski definition) is 0. The number of benzene rings is 2. The molecule has 2 aromatic carbocycles. The Balaban J connectivity index is 2.12. The zero-order valence-corrected chi connectivity index (χ0v) is 12.0. The molecule has 0 N–H and O–H groups in total. The molecule has 2 aromatic rings. The highest BCUT2D eigenvalue weighted by Gasteiger charge is 2.19. The summed E-state index contributed by atoms with van der Waals surface area (Å²) in [6, 6.07) is 16.6. The molecule has 94 valence electrons. The van der Waals surface area contributed by atoms with E-state index in [1.54, 1.807) is 0 Å². The van der Waals surface area contributed by atoms with Gasteiger partial charge in [-0.2, -0.15) is 5.26 Å². The van der Waals surface area contributed by atoms with Gasteiger partial charge in [0, 0.05) is 16.7 Å². The zero-order valence-electron chi connectivity index (χ0n) is 10.4. The number of nitriles is 1. The van der Waals surface area contributed by atoms with Gasteiger partial charge in [-0.3, -0.25) is 0 Å². The molecule has 1 aliphatic heterocycles. The Labute approximate surface area is 121 Å². The number of para-hydroxylation sites is 1. The predicted molar refractivity (Wildman–Crippen MR) is 80.6 cm³/mol. The smallest absolute Gasteiger partial charge is 0.101 e. The van der Waals surface area contributed by atoms with E-state index in [0.717, 1.165) is 29.5 Å². The van der Waals surface area contributed by atoms with E-state index in [2.05, 4.69) is 51.2 Å². The second kappa shape index (κ2) is 5.07. The average molecular weight is 313 g/mol. The standard InChI is InChI=1S/C16H13BrN2/c17-14-7-8-16(13(10-14)11-18)19-9-3-5-12-4-1-2-6-15(12)19/h1-2,4,6-8,10H,3,5,9H2. The Morgan fingerprint density at radius 3 is 2.79 bits per heavy atom. The van der Waals surface area contributed by atoms with E-state index >= 15 is 0 Å². The molecule has 19 heavy (non-hydrogen) atoms. The highest BCUT2D eigenvalue weighted by molar-refractivity contribution is 9.10. The maximum absolute atomic E-state index is 9.32. The van der Waals surface area contributed by atoms with E-state index in [-0.39, 0.29) is 0 Å². The van der Waals surface area contributed by atoms with Crippen molar-refractivity contribution in [1.82, 2.24) is 0 Å². The van der Waals surface area contributed by atoms with Crippen molar-refractivity contribution in [3.8, 4) is 6.07 Å². The van der Waals surface area contributed by atoms with Crippen LogP contribution in [0.2, 0.25) is 0 Å². The van der Waals surface area contributed by atoms with E-state index < -0.39 is 0 Å². The Morgan fingerprint density at radius 2 is 1.95 bits per heavy atom. The first-order valence-electron chi connectivity index (χ1n) is 6.34. The topological polar surface area (TPSA) is 27.0 Å². The minimum absolute atomic E-state index is 0.714. The van der Waals surface area contributed by atoms with Gasteiger partial charge in [0.05, 0.1) is 11.3 Å². The van der Waals surface area contributed by atoms with Crippen LogP contribution < -0.4 is 4.90 Å². The molecule has 0 saturated carbocycles. The molecule has 3 heteroatoms. The molecule has 0 fully saturated rings. The third-order valence-electron chi connectivity index (χ3n) is 3.48. The van der Waals surface area contributed by atoms with Gasteiger partial charge < -0.3 is 4.90 Å². The Kier molecular flexibility index (Phi) is 3.27. The van der Waals surface area contributed by atoms with Gasteiger partial charge in [-0.1, -0.05) is 34.1 Å². The van der Waals surface area contributed by atoms with Crippen LogP contribution >= 0.6 is 15.9 Å². The molecule has 0 aromatic heterocycles. The summed E-state index contributed by atoms with van der Waals surface area (Å²) in [5, 5.41) is 9.32. The first kappa shape index (κ1) is 12.3. The highest BCUT2D eigenvalue weighted by atomic mass is 79.9. The van der Waals surface area contributed by atoms with Crippen LogP contribution in [-0.2, 0) is 6.42 Å². The molecule has 1 heterocycles. The van der Waals surface area contributed by atoms with Crippen molar-refractivity contribution in [3.63, 3.8) is 0 Å². The van der Waals surface area contributed by atoms with Crippen LogP contribution in [0.1, 0.15) is 17.5 Å². The van der Waals surface area contributed by atoms with Gasteiger partial charge in [0.2, 0.25) is 0 Å². The molecule has 0 radical (unpaired) electrons. The van der Waals surface area contributed by atoms with E-state index in [1.165, 1.54) is 11.3 Å². The molecule has 0 unspecified atom stereocenters. The Hall–Kier alpha value is -1.79. The summed E-state index contributed by atoms with van der Waals surface area (Å²) in [5.74, 6) is 0. The zero-order chi connectivity index (χ0) is 13.2. The average Bonchev–Trinajstić information content (AvgIpc) is 2.46. The monoisotopic (exact) mass is 312 g/mol. The van der Waals surface area contributed by atoms with Gasteiger partial charge in [0.1, 0.15) is 6.07 Å². The summed E-state index contributed by atoms with van der Waals surface area (Å²) < 4.78 is 0.943. The van der Waals surface area contributed by atoms with Gasteiger partial charge in [0.15, 0.2) is 0 Å². The summed E-state index contributed by atoms with van der Waals surface area (Å²) in [7, 11) is 0. The van der Waals surface area contributed by atoms with Crippen LogP contribution in [-0.4, -0.2) is 6.54 Å². The Morgan fingerprint density at radius 1 is 1.11 bits per heavy atom. The van der Waals surface area contributed by atoms with Crippen molar-refractivity contribution >= 4 is 27.3 Å². The summed E-state index contributed by atoms with van der Waals surface area (Å²) >= 11 is 3.42. The molecule has 0 bridgehead atoms. The van der Waals surface area contributed by atoms with Crippen LogP contribution in [0, 0.1) is 11.3 Å². The lowest BCUT2D eigenvalue weighted by atomic mass is 10.0. The molecular formula is C16H13BrN2. The van der Waals surface area contributed by atoms with Gasteiger partial charge in [0.25, 0.3) is 0 Å². The minimum atomic E-state index is 0.714. The van der Waals surface area contributed by atoms with E-state index in [9.17, 15) is 5.26 Å². The van der Waals surface area contributed by atoms with Crippen molar-refractivity contribution < 1.29 is 0 Å². The van der Waals surface area contributed by atoms with Crippen LogP contribution in [0.4, 0.5) is 11.4 Å². The second-order valence-electron chi connectivity index (χ2n) is 4.66. The molecule has 3 rings (SSSR count). The molecule has 0 atom stereocenters. The van der Waals surface area contributed by atoms with Crippen LogP contribution in [0.3, 0.4) is 0 Å². The predicted octanol–water partition coefficient (Wildman–Crippen LogP) is 4.41. The van der Waals surface area contributed by atoms with E-state index in [1.807, 2.05) is 18.2 Å². The summed E-state index contributed by atoms with van der Waals surface area (Å²) in [6.07, 6.45) is 2.24. The normalized spacial score (nSPS) is 13.8. The molecule has 0 amide bonds. The van der Waals surface area contributed by atoms with Gasteiger partial charge >= 0.3 is 0 Å². The summed E-state index contributed by atoms with van der Waals surface area (Å²) in [5.41, 5.74) is 4.30. The second-order valence-corrected chi connectivity index (χ2v) is 5.57. The molecule has 2 nitrogen and oxygen atoms in total. The quantitative estimate of drug-likeness (QED) is 0.780. The number of rotatable bonds is 1. The summed E-state index contributed by atoms with van der Waals surface area (Å²) in [4.78, 5) is 2.25. The fraction of sp³-hybridized carbons (Fsp3) is 0.188. The number of aryl methyl sites for hydroxylation is 1. The fourth-order valence-electron chi connectivity index (χ4n) is 2.62. The van der Waals surface area contributed by atoms with Crippen molar-refractivity contribution in [1.29, 1.82) is 5.26 Å². The maximum atomic E-state index is 9.32. The molecule has 0 saturated heterocycles. The number of hydrogen-bond acceptors (Lipinski definition) is 2. The lowest BCUT2D eigenvalue weighted by Gasteiger charge is -2.32. The lowest BCUT2D eigenvalue weighted by molar-refractivity contribution is 0.766. The Bertz CT molecular complexity index is 658. The first-order chi connectivity index (χ1) is 9.29. The number of fused-ring (bicyclic) bond motifs is 1. The molecule has 1 aliphatic rings. The van der Waals surface area contributed by atoms with E-state index in [4.69, 9.17) is 0 Å². The third kappa shape index (κ3) is 2.24. The fourth-order valence-corrected chi connectivity index (χ4v) is 2.98. The summed E-state index contributed by atoms with van der Waals surface area (Å²) in [6.45, 7) is 0.966. The number of anilines is 2. The number of nitrogens with zero attached hydrogens (tertiary/aromatic N) is 2. The largest absolute Gasteiger partial charge is 0.340 e. The van der Waals surface area contributed by atoms with Crippen molar-refractivity contribution in [2.75, 3.05) is 11.4 Å². The van der Waals surface area contributed by atoms with Crippen LogP contribution in [0.15, 0.2) is 46.9 Å². The number of halogens is 1. The van der Waals surface area contributed by atoms with Gasteiger partial charge in [-0.25, -0.2) is 0 Å². The maximum Gasteiger partial charge on any atom is 0.101 e. The van der Waals surface area contributed by atoms with Crippen molar-refractivity contribution in [2.45, 2.75) is 12.8 Å². The van der Waals surface area contributed by atoms with Gasteiger partial charge in [-0.05, 0) is 42.7 Å².